The molecule has 0 bridgehead atoms. The maximum Gasteiger partial charge on any atom is 0.251 e. The van der Waals surface area contributed by atoms with E-state index in [0.717, 1.165) is 17.0 Å². The number of hydrogen-bond acceptors (Lipinski definition) is 4. The number of nitrogens with one attached hydrogen (secondary N) is 1. The molecule has 3 aromatic carbocycles. The lowest BCUT2D eigenvalue weighted by Gasteiger charge is -2.29. The van der Waals surface area contributed by atoms with E-state index in [1.807, 2.05) is 0 Å². The van der Waals surface area contributed by atoms with Crippen LogP contribution in [0.5, 0.6) is 5.75 Å². The molecule has 0 aromatic heterocycles. The molecule has 1 heterocycles. The molecular weight excluding hydrogens is 479 g/mol. The van der Waals surface area contributed by atoms with Gasteiger partial charge >= 0.3 is 0 Å². The van der Waals surface area contributed by atoms with Crippen molar-refractivity contribution in [1.29, 1.82) is 0 Å². The Hall–Kier alpha value is -3.60. The van der Waals surface area contributed by atoms with Crippen molar-refractivity contribution >= 4 is 29.3 Å². The van der Waals surface area contributed by atoms with Gasteiger partial charge in [0.1, 0.15) is 34.8 Å². The fourth-order valence-electron chi connectivity index (χ4n) is 3.43. The molecule has 34 heavy (non-hydrogen) atoms. The van der Waals surface area contributed by atoms with Crippen LogP contribution in [0.25, 0.3) is 0 Å². The molecule has 1 aliphatic heterocycles. The van der Waals surface area contributed by atoms with Crippen LogP contribution in [0, 0.1) is 29.1 Å². The van der Waals surface area contributed by atoms with Gasteiger partial charge in [0.2, 0.25) is 5.91 Å². The molecule has 2 N–H and O–H groups in total. The molecule has 0 atom stereocenters. The van der Waals surface area contributed by atoms with Gasteiger partial charge in [-0.3, -0.25) is 9.59 Å². The minimum atomic E-state index is -1.16. The average molecular weight is 494 g/mol. The lowest BCUT2D eigenvalue weighted by atomic mass is 10.1. The maximum atomic E-state index is 14.2. The molecule has 0 spiro atoms. The zero-order valence-electron chi connectivity index (χ0n) is 17.2. The summed E-state index contributed by atoms with van der Waals surface area (Å²) in [7, 11) is 0. The van der Waals surface area contributed by atoms with E-state index >= 15 is 0 Å². The van der Waals surface area contributed by atoms with Crippen molar-refractivity contribution in [2.24, 2.45) is 0 Å². The van der Waals surface area contributed by atoms with Gasteiger partial charge in [0.05, 0.1) is 18.0 Å². The number of thioether (sulfide) groups is 1. The Kier molecular flexibility index (Phi) is 6.47. The number of carbonyl (C=O) groups excluding carboxylic acids is 2. The van der Waals surface area contributed by atoms with Crippen LogP contribution in [0.15, 0.2) is 47.4 Å². The predicted molar refractivity (Wildman–Crippen MR) is 114 cm³/mol. The number of nitrogens with zero attached hydrogens (tertiary/aromatic N) is 1. The van der Waals surface area contributed by atoms with Crippen molar-refractivity contribution in [3.05, 3.63) is 88.2 Å². The van der Waals surface area contributed by atoms with Gasteiger partial charge in [-0.25, -0.2) is 22.0 Å². The lowest BCUT2D eigenvalue weighted by molar-refractivity contribution is -0.116. The summed E-state index contributed by atoms with van der Waals surface area (Å²) in [6.45, 7) is -1.05. The van der Waals surface area contributed by atoms with Crippen molar-refractivity contribution in [3.8, 4) is 5.75 Å². The molecule has 0 radical (unpaired) electrons. The number of halogens is 5. The van der Waals surface area contributed by atoms with Crippen LogP contribution in [0.3, 0.4) is 0 Å². The zero-order valence-corrected chi connectivity index (χ0v) is 18.0. The van der Waals surface area contributed by atoms with Crippen molar-refractivity contribution in [2.45, 2.75) is 18.0 Å². The van der Waals surface area contributed by atoms with E-state index in [1.165, 1.54) is 30.0 Å². The smallest absolute Gasteiger partial charge is 0.251 e. The quantitative estimate of drug-likeness (QED) is 0.507. The molecule has 11 heteroatoms. The number of fused-ring (bicyclic) bond motifs is 1. The Bertz CT molecular complexity index is 1270. The third-order valence-electron chi connectivity index (χ3n) is 5.14. The highest BCUT2D eigenvalue weighted by Gasteiger charge is 2.28. The van der Waals surface area contributed by atoms with Gasteiger partial charge in [0.15, 0.2) is 0 Å². The van der Waals surface area contributed by atoms with Crippen molar-refractivity contribution < 1.29 is 36.6 Å². The normalized spacial score (nSPS) is 13.1. The number of phenolic OH excluding ortho intramolecular Hbond substituents is 1. The topological polar surface area (TPSA) is 69.6 Å². The molecule has 2 amide bonds. The second kappa shape index (κ2) is 9.34. The summed E-state index contributed by atoms with van der Waals surface area (Å²) < 4.78 is 69.2. The fourth-order valence-corrected chi connectivity index (χ4v) is 4.34. The lowest BCUT2D eigenvalue weighted by Crippen LogP contribution is -2.35. The summed E-state index contributed by atoms with van der Waals surface area (Å²) in [5.41, 5.74) is -0.729. The number of hydrogen-bond donors (Lipinski definition) is 2. The molecule has 3 aromatic rings. The van der Waals surface area contributed by atoms with E-state index in [2.05, 4.69) is 5.32 Å². The second-order valence-corrected chi connectivity index (χ2v) is 8.39. The van der Waals surface area contributed by atoms with E-state index in [4.69, 9.17) is 0 Å². The van der Waals surface area contributed by atoms with E-state index < -0.39 is 70.9 Å². The Morgan fingerprint density at radius 1 is 0.941 bits per heavy atom. The third-order valence-corrected chi connectivity index (χ3v) is 6.19. The molecule has 1 aliphatic rings. The summed E-state index contributed by atoms with van der Waals surface area (Å²) in [5, 5.41) is 11.7. The standard InChI is InChI=1S/C23H15F5N2O3S/c24-12-4-16(25)14(17(26)5-12)8-29-23(33)11-1-2-21-20(3-11)30(22(32)10-34-21)9-15-18(27)6-13(31)7-19(15)28/h1-7,31H,8-10H2,(H,29,33). The Morgan fingerprint density at radius 3 is 2.21 bits per heavy atom. The molecule has 0 saturated carbocycles. The van der Waals surface area contributed by atoms with Crippen LogP contribution < -0.4 is 10.2 Å². The second-order valence-electron chi connectivity index (χ2n) is 7.37. The summed E-state index contributed by atoms with van der Waals surface area (Å²) in [4.78, 5) is 26.8. The zero-order chi connectivity index (χ0) is 24.6. The number of rotatable bonds is 5. The first-order valence-corrected chi connectivity index (χ1v) is 10.8. The van der Waals surface area contributed by atoms with Gasteiger partial charge in [-0.1, -0.05) is 0 Å². The van der Waals surface area contributed by atoms with Crippen LogP contribution >= 0.6 is 11.8 Å². The van der Waals surface area contributed by atoms with Gasteiger partial charge in [0, 0.05) is 52.4 Å². The fraction of sp³-hybridized carbons (Fsp3) is 0.130. The summed E-state index contributed by atoms with van der Waals surface area (Å²) >= 11 is 1.17. The van der Waals surface area contributed by atoms with Gasteiger partial charge in [-0.15, -0.1) is 11.8 Å². The molecule has 0 fully saturated rings. The first-order valence-electron chi connectivity index (χ1n) is 9.79. The summed E-state index contributed by atoms with van der Waals surface area (Å²) in [6.07, 6.45) is 0. The Labute approximate surface area is 194 Å². The number of anilines is 1. The Morgan fingerprint density at radius 2 is 1.56 bits per heavy atom. The van der Waals surface area contributed by atoms with E-state index in [1.54, 1.807) is 0 Å². The first kappa shape index (κ1) is 23.6. The number of amides is 2. The highest BCUT2D eigenvalue weighted by atomic mass is 32.2. The number of phenols is 1. The van der Waals surface area contributed by atoms with Crippen LogP contribution in [0.1, 0.15) is 21.5 Å². The highest BCUT2D eigenvalue weighted by Crippen LogP contribution is 2.37. The van der Waals surface area contributed by atoms with E-state index in [9.17, 15) is 36.6 Å². The molecular formula is C23H15F5N2O3S. The van der Waals surface area contributed by atoms with Gasteiger partial charge in [0.25, 0.3) is 5.91 Å². The molecule has 4 rings (SSSR count). The minimum absolute atomic E-state index is 0.00296. The van der Waals surface area contributed by atoms with Crippen LogP contribution in [0.2, 0.25) is 0 Å². The highest BCUT2D eigenvalue weighted by molar-refractivity contribution is 8.00. The van der Waals surface area contributed by atoms with E-state index in [0.29, 0.717) is 17.0 Å². The van der Waals surface area contributed by atoms with Crippen molar-refractivity contribution in [3.63, 3.8) is 0 Å². The van der Waals surface area contributed by atoms with Crippen molar-refractivity contribution in [1.82, 2.24) is 5.32 Å². The number of benzene rings is 3. The molecule has 5 nitrogen and oxygen atoms in total. The first-order chi connectivity index (χ1) is 16.1. The minimum Gasteiger partial charge on any atom is -0.508 e. The third kappa shape index (κ3) is 4.69. The largest absolute Gasteiger partial charge is 0.508 e. The van der Waals surface area contributed by atoms with E-state index in [-0.39, 0.29) is 17.0 Å². The monoisotopic (exact) mass is 494 g/mol. The van der Waals surface area contributed by atoms with Crippen LogP contribution in [-0.4, -0.2) is 22.7 Å². The maximum absolute atomic E-state index is 14.2. The molecule has 176 valence electrons. The summed E-state index contributed by atoms with van der Waals surface area (Å²) in [5.74, 6) is -7.29. The van der Waals surface area contributed by atoms with Crippen LogP contribution in [0.4, 0.5) is 27.6 Å². The molecule has 0 saturated heterocycles. The summed E-state index contributed by atoms with van der Waals surface area (Å²) in [6, 6.07) is 6.71. The number of aromatic hydroxyl groups is 1. The predicted octanol–water partition coefficient (Wildman–Crippen LogP) is 4.66. The Balaban J connectivity index is 1.59. The van der Waals surface area contributed by atoms with Crippen LogP contribution in [-0.2, 0) is 17.9 Å². The van der Waals surface area contributed by atoms with Gasteiger partial charge < -0.3 is 15.3 Å². The van der Waals surface area contributed by atoms with Crippen molar-refractivity contribution in [2.75, 3.05) is 10.7 Å². The molecule has 0 aliphatic carbocycles. The average Bonchev–Trinajstić information content (AvgIpc) is 2.76. The van der Waals surface area contributed by atoms with Gasteiger partial charge in [-0.2, -0.15) is 0 Å². The number of carbonyl (C=O) groups is 2. The van der Waals surface area contributed by atoms with Gasteiger partial charge in [-0.05, 0) is 18.2 Å². The SMILES string of the molecule is O=C(NCc1c(F)cc(F)cc1F)c1ccc2c(c1)N(Cc1c(F)cc(O)cc1F)C(=O)CS2. The molecule has 0 unspecified atom stereocenters.